The molecule has 0 aliphatic carbocycles. The number of nitrogens with zero attached hydrogens (tertiary/aromatic N) is 1. The first-order valence-corrected chi connectivity index (χ1v) is 10.8. The molecule has 8 heteroatoms. The standard InChI is InChI=1S/C19H21N3O3S2/c1-5-17(23)20-19-21-18-13(4)9-14(10-15(18)26-19)22-27(24,25)16-8-11(2)6-7-12(16)3/h6-10,22H,5H2,1-4H3,(H,20,21,23). The largest absolute Gasteiger partial charge is 0.302 e. The first-order valence-electron chi connectivity index (χ1n) is 8.50. The lowest BCUT2D eigenvalue weighted by Gasteiger charge is -2.12. The maximum atomic E-state index is 12.8. The minimum atomic E-state index is -3.70. The van der Waals surface area contributed by atoms with E-state index >= 15 is 0 Å². The number of anilines is 2. The Morgan fingerprint density at radius 3 is 2.56 bits per heavy atom. The Bertz CT molecular complexity index is 1130. The molecule has 0 fully saturated rings. The van der Waals surface area contributed by atoms with Gasteiger partial charge >= 0.3 is 0 Å². The molecule has 1 aromatic heterocycles. The van der Waals surface area contributed by atoms with E-state index in [0.717, 1.165) is 21.3 Å². The van der Waals surface area contributed by atoms with Crippen LogP contribution in [-0.2, 0) is 14.8 Å². The van der Waals surface area contributed by atoms with E-state index in [1.807, 2.05) is 19.9 Å². The molecule has 27 heavy (non-hydrogen) atoms. The number of sulfonamides is 1. The first-order chi connectivity index (χ1) is 12.7. The molecular weight excluding hydrogens is 382 g/mol. The third kappa shape index (κ3) is 4.12. The molecule has 6 nitrogen and oxygen atoms in total. The highest BCUT2D eigenvalue weighted by molar-refractivity contribution is 7.92. The van der Waals surface area contributed by atoms with Crippen LogP contribution in [0.25, 0.3) is 10.2 Å². The number of rotatable bonds is 5. The van der Waals surface area contributed by atoms with E-state index in [-0.39, 0.29) is 10.8 Å². The van der Waals surface area contributed by atoms with Crippen LogP contribution in [0.3, 0.4) is 0 Å². The molecule has 142 valence electrons. The lowest BCUT2D eigenvalue weighted by molar-refractivity contribution is -0.115. The van der Waals surface area contributed by atoms with E-state index in [4.69, 9.17) is 0 Å². The fraction of sp³-hybridized carbons (Fsp3) is 0.263. The summed E-state index contributed by atoms with van der Waals surface area (Å²) < 4.78 is 29.1. The third-order valence-corrected chi connectivity index (χ3v) is 6.58. The van der Waals surface area contributed by atoms with Crippen LogP contribution in [0.1, 0.15) is 30.0 Å². The predicted molar refractivity (Wildman–Crippen MR) is 110 cm³/mol. The maximum Gasteiger partial charge on any atom is 0.262 e. The third-order valence-electron chi connectivity index (χ3n) is 4.14. The molecule has 0 radical (unpaired) electrons. The summed E-state index contributed by atoms with van der Waals surface area (Å²) in [5, 5.41) is 3.25. The van der Waals surface area contributed by atoms with Crippen LogP contribution in [0.4, 0.5) is 10.8 Å². The Morgan fingerprint density at radius 2 is 1.85 bits per heavy atom. The molecule has 3 aromatic rings. The van der Waals surface area contributed by atoms with Gasteiger partial charge in [-0.25, -0.2) is 13.4 Å². The minimum absolute atomic E-state index is 0.109. The van der Waals surface area contributed by atoms with Crippen molar-refractivity contribution < 1.29 is 13.2 Å². The number of hydrogen-bond acceptors (Lipinski definition) is 5. The fourth-order valence-corrected chi connectivity index (χ4v) is 5.09. The molecular formula is C19H21N3O3S2. The average Bonchev–Trinajstić information content (AvgIpc) is 2.99. The van der Waals surface area contributed by atoms with Crippen molar-refractivity contribution in [1.29, 1.82) is 0 Å². The molecule has 3 rings (SSSR count). The number of hydrogen-bond donors (Lipinski definition) is 2. The fourth-order valence-electron chi connectivity index (χ4n) is 2.72. The van der Waals surface area contributed by atoms with Crippen molar-refractivity contribution in [2.45, 2.75) is 39.0 Å². The Kier molecular flexibility index (Phi) is 5.21. The quantitative estimate of drug-likeness (QED) is 0.662. The summed E-state index contributed by atoms with van der Waals surface area (Å²) in [5.74, 6) is -0.109. The van der Waals surface area contributed by atoms with Gasteiger partial charge in [-0.3, -0.25) is 9.52 Å². The van der Waals surface area contributed by atoms with Crippen molar-refractivity contribution >= 4 is 48.3 Å². The number of carbonyl (C=O) groups is 1. The Labute approximate surface area is 162 Å². The van der Waals surface area contributed by atoms with E-state index < -0.39 is 10.0 Å². The number of aromatic nitrogens is 1. The zero-order chi connectivity index (χ0) is 19.8. The normalized spacial score (nSPS) is 11.6. The summed E-state index contributed by atoms with van der Waals surface area (Å²) in [6.07, 6.45) is 0.371. The van der Waals surface area contributed by atoms with Crippen molar-refractivity contribution in [2.24, 2.45) is 0 Å². The van der Waals surface area contributed by atoms with Gasteiger partial charge in [0.15, 0.2) is 5.13 Å². The monoisotopic (exact) mass is 403 g/mol. The van der Waals surface area contributed by atoms with Crippen molar-refractivity contribution in [1.82, 2.24) is 4.98 Å². The molecule has 0 atom stereocenters. The van der Waals surface area contributed by atoms with Gasteiger partial charge in [0.05, 0.1) is 20.8 Å². The zero-order valence-electron chi connectivity index (χ0n) is 15.6. The van der Waals surface area contributed by atoms with Crippen LogP contribution >= 0.6 is 11.3 Å². The number of thiazole rings is 1. The predicted octanol–water partition coefficient (Wildman–Crippen LogP) is 4.37. The van der Waals surface area contributed by atoms with Gasteiger partial charge < -0.3 is 5.32 Å². The summed E-state index contributed by atoms with van der Waals surface area (Å²) in [7, 11) is -3.70. The van der Waals surface area contributed by atoms with Crippen LogP contribution in [0.15, 0.2) is 35.2 Å². The second kappa shape index (κ2) is 7.28. The zero-order valence-corrected chi connectivity index (χ0v) is 17.2. The van der Waals surface area contributed by atoms with Gasteiger partial charge in [-0.15, -0.1) is 0 Å². The van der Waals surface area contributed by atoms with E-state index in [1.165, 1.54) is 11.3 Å². The number of aryl methyl sites for hydroxylation is 3. The van der Waals surface area contributed by atoms with E-state index in [0.29, 0.717) is 22.8 Å². The van der Waals surface area contributed by atoms with E-state index in [9.17, 15) is 13.2 Å². The summed E-state index contributed by atoms with van der Waals surface area (Å²) >= 11 is 1.32. The van der Waals surface area contributed by atoms with Crippen LogP contribution in [0.2, 0.25) is 0 Å². The van der Waals surface area contributed by atoms with Gasteiger partial charge in [0, 0.05) is 6.42 Å². The highest BCUT2D eigenvalue weighted by Crippen LogP contribution is 2.32. The Balaban J connectivity index is 1.97. The van der Waals surface area contributed by atoms with Crippen LogP contribution < -0.4 is 10.0 Å². The van der Waals surface area contributed by atoms with Crippen molar-refractivity contribution in [3.05, 3.63) is 47.0 Å². The highest BCUT2D eigenvalue weighted by atomic mass is 32.2. The second-order valence-electron chi connectivity index (χ2n) is 6.44. The summed E-state index contributed by atoms with van der Waals surface area (Å²) in [6.45, 7) is 7.27. The molecule has 0 saturated heterocycles. The topological polar surface area (TPSA) is 88.2 Å². The van der Waals surface area contributed by atoms with Gasteiger partial charge in [0.1, 0.15) is 0 Å². The lowest BCUT2D eigenvalue weighted by Crippen LogP contribution is -2.14. The van der Waals surface area contributed by atoms with Crippen LogP contribution in [0, 0.1) is 20.8 Å². The van der Waals surface area contributed by atoms with Crippen molar-refractivity contribution in [3.8, 4) is 0 Å². The first kappa shape index (κ1) is 19.3. The van der Waals surface area contributed by atoms with E-state index in [2.05, 4.69) is 15.0 Å². The van der Waals surface area contributed by atoms with Crippen molar-refractivity contribution in [2.75, 3.05) is 10.0 Å². The van der Waals surface area contributed by atoms with Crippen molar-refractivity contribution in [3.63, 3.8) is 0 Å². The Hall–Kier alpha value is -2.45. The lowest BCUT2D eigenvalue weighted by atomic mass is 10.2. The molecule has 0 unspecified atom stereocenters. The molecule has 0 aliphatic heterocycles. The number of amides is 1. The summed E-state index contributed by atoms with van der Waals surface area (Å²) in [4.78, 5) is 16.3. The Morgan fingerprint density at radius 1 is 1.11 bits per heavy atom. The van der Waals surface area contributed by atoms with Crippen LogP contribution in [-0.4, -0.2) is 19.3 Å². The number of nitrogens with one attached hydrogen (secondary N) is 2. The van der Waals surface area contributed by atoms with Gasteiger partial charge in [0.2, 0.25) is 5.91 Å². The van der Waals surface area contributed by atoms with E-state index in [1.54, 1.807) is 38.1 Å². The molecule has 2 N–H and O–H groups in total. The average molecular weight is 404 g/mol. The second-order valence-corrected chi connectivity index (χ2v) is 9.12. The van der Waals surface area contributed by atoms with Gasteiger partial charge in [-0.05, 0) is 55.7 Å². The number of carbonyl (C=O) groups excluding carboxylic acids is 1. The smallest absolute Gasteiger partial charge is 0.262 e. The number of benzene rings is 2. The molecule has 0 saturated carbocycles. The summed E-state index contributed by atoms with van der Waals surface area (Å²) in [6, 6.07) is 8.83. The molecule has 0 aliphatic rings. The maximum absolute atomic E-state index is 12.8. The molecule has 1 heterocycles. The van der Waals surface area contributed by atoms with Gasteiger partial charge in [-0.2, -0.15) is 0 Å². The highest BCUT2D eigenvalue weighted by Gasteiger charge is 2.18. The molecule has 0 spiro atoms. The molecule has 2 aromatic carbocycles. The summed E-state index contributed by atoms with van der Waals surface area (Å²) in [5.41, 5.74) is 3.62. The number of fused-ring (bicyclic) bond motifs is 1. The van der Waals surface area contributed by atoms with Gasteiger partial charge in [-0.1, -0.05) is 30.4 Å². The molecule has 1 amide bonds. The molecule has 0 bridgehead atoms. The minimum Gasteiger partial charge on any atom is -0.302 e. The SMILES string of the molecule is CCC(=O)Nc1nc2c(C)cc(NS(=O)(=O)c3cc(C)ccc3C)cc2s1. The van der Waals surface area contributed by atoms with Gasteiger partial charge in [0.25, 0.3) is 10.0 Å². The van der Waals surface area contributed by atoms with Crippen LogP contribution in [0.5, 0.6) is 0 Å².